The first kappa shape index (κ1) is 18.6. The van der Waals surface area contributed by atoms with Crippen LogP contribution in [0.4, 0.5) is 5.69 Å². The van der Waals surface area contributed by atoms with E-state index in [0.29, 0.717) is 31.8 Å². The van der Waals surface area contributed by atoms with Gasteiger partial charge >= 0.3 is 0 Å². The van der Waals surface area contributed by atoms with Gasteiger partial charge in [0.1, 0.15) is 0 Å². The summed E-state index contributed by atoms with van der Waals surface area (Å²) in [6.07, 6.45) is 1.43. The van der Waals surface area contributed by atoms with Crippen LogP contribution in [-0.2, 0) is 4.79 Å². The molecular weight excluding hydrogens is 344 g/mol. The second kappa shape index (κ2) is 8.04. The number of amides is 2. The highest BCUT2D eigenvalue weighted by molar-refractivity contribution is 7.12. The number of aryl methyl sites for hydroxylation is 1. The van der Waals surface area contributed by atoms with E-state index < -0.39 is 0 Å². The lowest BCUT2D eigenvalue weighted by atomic mass is 9.94. The number of likely N-dealkylation sites (tertiary alicyclic amines) is 1. The van der Waals surface area contributed by atoms with Gasteiger partial charge in [0.15, 0.2) is 0 Å². The number of carbonyl (C=O) groups excluding carboxylic acids is 2. The number of hydrogen-bond acceptors (Lipinski definition) is 3. The van der Waals surface area contributed by atoms with Crippen LogP contribution in [0.15, 0.2) is 35.7 Å². The summed E-state index contributed by atoms with van der Waals surface area (Å²) in [4.78, 5) is 27.9. The molecular formula is C21H26N2O2S. The maximum Gasteiger partial charge on any atom is 0.263 e. The van der Waals surface area contributed by atoms with E-state index in [0.717, 1.165) is 16.1 Å². The summed E-state index contributed by atoms with van der Waals surface area (Å²) in [6.45, 7) is 7.58. The van der Waals surface area contributed by atoms with Gasteiger partial charge in [-0.2, -0.15) is 0 Å². The van der Waals surface area contributed by atoms with Crippen molar-refractivity contribution in [2.24, 2.45) is 5.92 Å². The van der Waals surface area contributed by atoms with E-state index in [9.17, 15) is 9.59 Å². The molecule has 1 saturated heterocycles. The number of benzene rings is 1. The molecule has 0 unspecified atom stereocenters. The Kier molecular flexibility index (Phi) is 5.77. The summed E-state index contributed by atoms with van der Waals surface area (Å²) >= 11 is 1.47. The summed E-state index contributed by atoms with van der Waals surface area (Å²) in [7, 11) is 0. The molecule has 26 heavy (non-hydrogen) atoms. The Bertz CT molecular complexity index is 775. The van der Waals surface area contributed by atoms with Crippen LogP contribution in [0.5, 0.6) is 0 Å². The van der Waals surface area contributed by atoms with Crippen molar-refractivity contribution in [2.75, 3.05) is 18.4 Å². The van der Waals surface area contributed by atoms with Crippen molar-refractivity contribution < 1.29 is 9.59 Å². The Labute approximate surface area is 159 Å². The third kappa shape index (κ3) is 3.98. The normalized spacial score (nSPS) is 15.3. The van der Waals surface area contributed by atoms with Crippen LogP contribution < -0.4 is 5.32 Å². The van der Waals surface area contributed by atoms with E-state index >= 15 is 0 Å². The Morgan fingerprint density at radius 3 is 2.50 bits per heavy atom. The van der Waals surface area contributed by atoms with Gasteiger partial charge in [-0.3, -0.25) is 9.59 Å². The SMILES string of the molecule is Cc1cccc(C(C)C)c1NC(=O)C1CCN(C(=O)c2cccs2)CC1. The molecule has 1 aliphatic heterocycles. The molecule has 1 aliphatic rings. The molecule has 4 nitrogen and oxygen atoms in total. The molecule has 0 bridgehead atoms. The average molecular weight is 371 g/mol. The van der Waals surface area contributed by atoms with Gasteiger partial charge < -0.3 is 10.2 Å². The predicted octanol–water partition coefficient (Wildman–Crippen LogP) is 4.67. The van der Waals surface area contributed by atoms with E-state index in [4.69, 9.17) is 0 Å². The Morgan fingerprint density at radius 1 is 1.15 bits per heavy atom. The number of nitrogens with one attached hydrogen (secondary N) is 1. The molecule has 1 fully saturated rings. The highest BCUT2D eigenvalue weighted by atomic mass is 32.1. The highest BCUT2D eigenvalue weighted by Crippen LogP contribution is 2.29. The third-order valence-corrected chi connectivity index (χ3v) is 5.92. The van der Waals surface area contributed by atoms with Crippen LogP contribution in [0.25, 0.3) is 0 Å². The molecule has 1 aromatic heterocycles. The Hall–Kier alpha value is -2.14. The van der Waals surface area contributed by atoms with E-state index in [1.807, 2.05) is 41.5 Å². The summed E-state index contributed by atoms with van der Waals surface area (Å²) in [6, 6.07) is 9.90. The number of hydrogen-bond donors (Lipinski definition) is 1. The topological polar surface area (TPSA) is 49.4 Å². The fraction of sp³-hybridized carbons (Fsp3) is 0.429. The van der Waals surface area contributed by atoms with Gasteiger partial charge in [-0.1, -0.05) is 38.1 Å². The zero-order chi connectivity index (χ0) is 18.7. The molecule has 2 heterocycles. The molecule has 2 amide bonds. The van der Waals surface area contributed by atoms with Crippen LogP contribution in [0.2, 0.25) is 0 Å². The smallest absolute Gasteiger partial charge is 0.263 e. The molecule has 0 atom stereocenters. The maximum atomic E-state index is 12.8. The van der Waals surface area contributed by atoms with Crippen molar-refractivity contribution in [3.63, 3.8) is 0 Å². The molecule has 138 valence electrons. The molecule has 1 N–H and O–H groups in total. The molecule has 2 aromatic rings. The first-order valence-electron chi connectivity index (χ1n) is 9.20. The van der Waals surface area contributed by atoms with Gasteiger partial charge in [0.25, 0.3) is 5.91 Å². The Morgan fingerprint density at radius 2 is 1.88 bits per heavy atom. The first-order valence-corrected chi connectivity index (χ1v) is 10.1. The predicted molar refractivity (Wildman–Crippen MR) is 107 cm³/mol. The van der Waals surface area contributed by atoms with Gasteiger partial charge in [-0.25, -0.2) is 0 Å². The van der Waals surface area contributed by atoms with Gasteiger partial charge in [0.2, 0.25) is 5.91 Å². The molecule has 3 rings (SSSR count). The Balaban J connectivity index is 1.62. The van der Waals surface area contributed by atoms with Crippen LogP contribution >= 0.6 is 11.3 Å². The van der Waals surface area contributed by atoms with Crippen LogP contribution in [-0.4, -0.2) is 29.8 Å². The number of nitrogens with zero attached hydrogens (tertiary/aromatic N) is 1. The van der Waals surface area contributed by atoms with Crippen molar-refractivity contribution in [3.05, 3.63) is 51.7 Å². The first-order chi connectivity index (χ1) is 12.5. The van der Waals surface area contributed by atoms with Gasteiger partial charge in [-0.15, -0.1) is 11.3 Å². The van der Waals surface area contributed by atoms with E-state index in [1.54, 1.807) is 0 Å². The summed E-state index contributed by atoms with van der Waals surface area (Å²) in [5.41, 5.74) is 3.21. The summed E-state index contributed by atoms with van der Waals surface area (Å²) in [5, 5.41) is 5.08. The standard InChI is InChI=1S/C21H26N2O2S/c1-14(2)17-7-4-6-15(3)19(17)22-20(24)16-9-11-23(12-10-16)21(25)18-8-5-13-26-18/h4-8,13-14,16H,9-12H2,1-3H3,(H,22,24). The maximum absolute atomic E-state index is 12.8. The minimum Gasteiger partial charge on any atom is -0.338 e. The van der Waals surface area contributed by atoms with Crippen molar-refractivity contribution in [1.29, 1.82) is 0 Å². The van der Waals surface area contributed by atoms with Crippen molar-refractivity contribution >= 4 is 28.8 Å². The molecule has 0 radical (unpaired) electrons. The largest absolute Gasteiger partial charge is 0.338 e. The zero-order valence-corrected chi connectivity index (χ0v) is 16.4. The number of para-hydroxylation sites is 1. The van der Waals surface area contributed by atoms with Crippen molar-refractivity contribution in [1.82, 2.24) is 4.90 Å². The number of thiophene rings is 1. The molecule has 0 saturated carbocycles. The van der Waals surface area contributed by atoms with Crippen molar-refractivity contribution in [3.8, 4) is 0 Å². The van der Waals surface area contributed by atoms with Gasteiger partial charge in [0.05, 0.1) is 4.88 Å². The fourth-order valence-corrected chi connectivity index (χ4v) is 4.16. The highest BCUT2D eigenvalue weighted by Gasteiger charge is 2.28. The summed E-state index contributed by atoms with van der Waals surface area (Å²) < 4.78 is 0. The molecule has 1 aromatic carbocycles. The van der Waals surface area contributed by atoms with Gasteiger partial charge in [-0.05, 0) is 48.3 Å². The molecule has 0 aliphatic carbocycles. The second-order valence-corrected chi connectivity index (χ2v) is 8.17. The van der Waals surface area contributed by atoms with E-state index in [-0.39, 0.29) is 17.7 Å². The average Bonchev–Trinajstić information content (AvgIpc) is 3.17. The minimum absolute atomic E-state index is 0.0398. The lowest BCUT2D eigenvalue weighted by molar-refractivity contribution is -0.121. The van der Waals surface area contributed by atoms with E-state index in [2.05, 4.69) is 25.2 Å². The molecule has 0 spiro atoms. The summed E-state index contributed by atoms with van der Waals surface area (Å²) in [5.74, 6) is 0.474. The fourth-order valence-electron chi connectivity index (χ4n) is 3.47. The number of piperidine rings is 1. The molecule has 5 heteroatoms. The van der Waals surface area contributed by atoms with Crippen molar-refractivity contribution in [2.45, 2.75) is 39.5 Å². The minimum atomic E-state index is -0.0398. The second-order valence-electron chi connectivity index (χ2n) is 7.23. The lowest BCUT2D eigenvalue weighted by Gasteiger charge is -2.31. The van der Waals surface area contributed by atoms with Gasteiger partial charge in [0, 0.05) is 24.7 Å². The third-order valence-electron chi connectivity index (χ3n) is 5.06. The quantitative estimate of drug-likeness (QED) is 0.850. The monoisotopic (exact) mass is 370 g/mol. The number of carbonyl (C=O) groups is 2. The van der Waals surface area contributed by atoms with Crippen LogP contribution in [0.3, 0.4) is 0 Å². The zero-order valence-electron chi connectivity index (χ0n) is 15.6. The lowest BCUT2D eigenvalue weighted by Crippen LogP contribution is -2.41. The number of anilines is 1. The van der Waals surface area contributed by atoms with Crippen LogP contribution in [0.1, 0.15) is 53.4 Å². The number of rotatable bonds is 4. The van der Waals surface area contributed by atoms with Crippen LogP contribution in [0, 0.1) is 12.8 Å². The van der Waals surface area contributed by atoms with E-state index in [1.165, 1.54) is 16.9 Å².